The van der Waals surface area contributed by atoms with Crippen LogP contribution in [-0.4, -0.2) is 0 Å². The molecule has 0 aromatic carbocycles. The van der Waals surface area contributed by atoms with Crippen LogP contribution in [0.15, 0.2) is 17.5 Å². The Morgan fingerprint density at radius 3 is 1.71 bits per heavy atom. The van der Waals surface area contributed by atoms with Crippen LogP contribution in [0.5, 0.6) is 0 Å². The van der Waals surface area contributed by atoms with Crippen LogP contribution in [0, 0.1) is 5.41 Å². The quantitative estimate of drug-likeness (QED) is 0.294. The number of unbranched alkanes of at least 4 members (excludes halogenated alkanes) is 11. The molecule has 0 bridgehead atoms. The van der Waals surface area contributed by atoms with Gasteiger partial charge in [0.15, 0.2) is 0 Å². The van der Waals surface area contributed by atoms with Crippen LogP contribution < -0.4 is 0 Å². The van der Waals surface area contributed by atoms with E-state index in [0.29, 0.717) is 5.41 Å². The van der Waals surface area contributed by atoms with Gasteiger partial charge in [0.2, 0.25) is 0 Å². The summed E-state index contributed by atoms with van der Waals surface area (Å²) in [6.45, 7) is 9.50. The molecule has 0 saturated heterocycles. The third-order valence-corrected chi connectivity index (χ3v) is 6.26. The summed E-state index contributed by atoms with van der Waals surface area (Å²) in [6, 6.07) is 4.54. The first-order valence-corrected chi connectivity index (χ1v) is 11.5. The second kappa shape index (κ2) is 13.0. The fourth-order valence-electron chi connectivity index (χ4n) is 3.68. The van der Waals surface area contributed by atoms with Crippen molar-refractivity contribution in [3.63, 3.8) is 0 Å². The minimum absolute atomic E-state index is 0.391. The van der Waals surface area contributed by atoms with Crippen LogP contribution in [-0.2, 0) is 0 Å². The molecule has 1 aromatic heterocycles. The third kappa shape index (κ3) is 9.87. The van der Waals surface area contributed by atoms with Gasteiger partial charge >= 0.3 is 0 Å². The maximum absolute atomic E-state index is 2.40. The first-order chi connectivity index (χ1) is 11.6. The van der Waals surface area contributed by atoms with Crippen molar-refractivity contribution in [1.82, 2.24) is 0 Å². The second-order valence-corrected chi connectivity index (χ2v) is 9.59. The Kier molecular flexibility index (Phi) is 11.8. The van der Waals surface area contributed by atoms with E-state index in [1.165, 1.54) is 83.5 Å². The van der Waals surface area contributed by atoms with Crippen LogP contribution in [0.1, 0.15) is 122 Å². The Morgan fingerprint density at radius 2 is 1.29 bits per heavy atom. The Balaban J connectivity index is 2.01. The molecule has 1 aromatic rings. The van der Waals surface area contributed by atoms with Gasteiger partial charge in [-0.15, -0.1) is 11.3 Å². The van der Waals surface area contributed by atoms with Gasteiger partial charge < -0.3 is 0 Å². The van der Waals surface area contributed by atoms with Crippen molar-refractivity contribution in [3.05, 3.63) is 22.4 Å². The van der Waals surface area contributed by atoms with Gasteiger partial charge in [-0.2, -0.15) is 0 Å². The fourth-order valence-corrected chi connectivity index (χ4v) is 4.79. The average molecular weight is 351 g/mol. The molecule has 0 nitrogen and oxygen atoms in total. The zero-order valence-electron chi connectivity index (χ0n) is 16.9. The van der Waals surface area contributed by atoms with Crippen LogP contribution in [0.2, 0.25) is 0 Å². The molecule has 1 atom stereocenters. The lowest BCUT2D eigenvalue weighted by atomic mass is 9.77. The Bertz CT molecular complexity index is 371. The number of hydrogen-bond acceptors (Lipinski definition) is 1. The summed E-state index contributed by atoms with van der Waals surface area (Å²) >= 11 is 1.94. The van der Waals surface area contributed by atoms with E-state index in [4.69, 9.17) is 0 Å². The van der Waals surface area contributed by atoms with E-state index in [0.717, 1.165) is 5.92 Å². The van der Waals surface area contributed by atoms with Crippen molar-refractivity contribution in [2.45, 2.75) is 117 Å². The van der Waals surface area contributed by atoms with Crippen molar-refractivity contribution in [3.8, 4) is 0 Å². The third-order valence-electron chi connectivity index (χ3n) is 5.28. The summed E-state index contributed by atoms with van der Waals surface area (Å²) in [5.41, 5.74) is 0.391. The van der Waals surface area contributed by atoms with Gasteiger partial charge in [-0.05, 0) is 29.2 Å². The van der Waals surface area contributed by atoms with E-state index in [1.54, 1.807) is 4.88 Å². The zero-order chi connectivity index (χ0) is 17.7. The van der Waals surface area contributed by atoms with E-state index in [-0.39, 0.29) is 0 Å². The molecule has 1 unspecified atom stereocenters. The molecule has 0 fully saturated rings. The highest BCUT2D eigenvalue weighted by molar-refractivity contribution is 7.10. The first kappa shape index (κ1) is 21.7. The number of hydrogen-bond donors (Lipinski definition) is 0. The summed E-state index contributed by atoms with van der Waals surface area (Å²) in [5.74, 6) is 0.737. The monoisotopic (exact) mass is 350 g/mol. The highest BCUT2D eigenvalue weighted by Gasteiger charge is 2.26. The molecule has 0 saturated carbocycles. The molecule has 140 valence electrons. The maximum atomic E-state index is 2.40. The number of rotatable bonds is 14. The average Bonchev–Trinajstić information content (AvgIpc) is 3.04. The molecular weight excluding hydrogens is 308 g/mol. The van der Waals surface area contributed by atoms with Crippen molar-refractivity contribution in [2.24, 2.45) is 5.41 Å². The summed E-state index contributed by atoms with van der Waals surface area (Å²) in [7, 11) is 0. The molecule has 0 aliphatic rings. The van der Waals surface area contributed by atoms with E-state index in [9.17, 15) is 0 Å². The molecule has 24 heavy (non-hydrogen) atoms. The summed E-state index contributed by atoms with van der Waals surface area (Å²) in [6.07, 6.45) is 18.7. The maximum Gasteiger partial charge on any atom is 0.00814 e. The van der Waals surface area contributed by atoms with Crippen molar-refractivity contribution < 1.29 is 0 Å². The van der Waals surface area contributed by atoms with Crippen LogP contribution in [0.4, 0.5) is 0 Å². The summed E-state index contributed by atoms with van der Waals surface area (Å²) in [5, 5.41) is 2.23. The minimum atomic E-state index is 0.391. The molecule has 0 N–H and O–H groups in total. The predicted molar refractivity (Wildman–Crippen MR) is 112 cm³/mol. The Hall–Kier alpha value is -0.300. The van der Waals surface area contributed by atoms with Crippen molar-refractivity contribution in [1.29, 1.82) is 0 Å². The van der Waals surface area contributed by atoms with Crippen molar-refractivity contribution >= 4 is 11.3 Å². The molecule has 1 heterocycles. The molecular formula is C23H42S. The van der Waals surface area contributed by atoms with Crippen LogP contribution in [0.3, 0.4) is 0 Å². The molecule has 1 rings (SSSR count). The SMILES string of the molecule is CCCCCCCCCCCCCCC(c1cccs1)C(C)(C)C. The van der Waals surface area contributed by atoms with Crippen LogP contribution >= 0.6 is 11.3 Å². The van der Waals surface area contributed by atoms with Gasteiger partial charge in [0.25, 0.3) is 0 Å². The van der Waals surface area contributed by atoms with E-state index in [1.807, 2.05) is 11.3 Å². The largest absolute Gasteiger partial charge is 0.149 e. The van der Waals surface area contributed by atoms with Gasteiger partial charge in [-0.3, -0.25) is 0 Å². The smallest absolute Gasteiger partial charge is 0.00814 e. The zero-order valence-corrected chi connectivity index (χ0v) is 17.7. The van der Waals surface area contributed by atoms with Gasteiger partial charge in [-0.25, -0.2) is 0 Å². The molecule has 0 aliphatic carbocycles. The van der Waals surface area contributed by atoms with E-state index >= 15 is 0 Å². The second-order valence-electron chi connectivity index (χ2n) is 8.61. The predicted octanol–water partition coefficient (Wildman–Crippen LogP) is 8.97. The standard InChI is InChI=1S/C23H42S/c1-5-6-7-8-9-10-11-12-13-14-15-16-18-21(23(2,3)4)22-19-17-20-24-22/h17,19-21H,5-16,18H2,1-4H3. The Morgan fingerprint density at radius 1 is 0.792 bits per heavy atom. The highest BCUT2D eigenvalue weighted by Crippen LogP contribution is 2.40. The molecule has 0 spiro atoms. The van der Waals surface area contributed by atoms with E-state index in [2.05, 4.69) is 45.2 Å². The summed E-state index contributed by atoms with van der Waals surface area (Å²) in [4.78, 5) is 1.59. The van der Waals surface area contributed by atoms with Gasteiger partial charge in [0.1, 0.15) is 0 Å². The van der Waals surface area contributed by atoms with Gasteiger partial charge in [0.05, 0.1) is 0 Å². The topological polar surface area (TPSA) is 0 Å². The molecule has 0 radical (unpaired) electrons. The molecule has 1 heteroatoms. The summed E-state index contributed by atoms with van der Waals surface area (Å²) < 4.78 is 0. The Labute approximate surface area is 156 Å². The van der Waals surface area contributed by atoms with Crippen molar-refractivity contribution in [2.75, 3.05) is 0 Å². The fraction of sp³-hybridized carbons (Fsp3) is 0.826. The first-order valence-electron chi connectivity index (χ1n) is 10.6. The minimum Gasteiger partial charge on any atom is -0.149 e. The lowest BCUT2D eigenvalue weighted by Gasteiger charge is -2.30. The lowest BCUT2D eigenvalue weighted by molar-refractivity contribution is 0.301. The molecule has 0 amide bonds. The van der Waals surface area contributed by atoms with Gasteiger partial charge in [0, 0.05) is 4.88 Å². The highest BCUT2D eigenvalue weighted by atomic mass is 32.1. The normalized spacial score (nSPS) is 13.3. The van der Waals surface area contributed by atoms with Crippen LogP contribution in [0.25, 0.3) is 0 Å². The molecule has 0 aliphatic heterocycles. The van der Waals surface area contributed by atoms with Gasteiger partial charge in [-0.1, -0.05) is 111 Å². The lowest BCUT2D eigenvalue weighted by Crippen LogP contribution is -2.17. The van der Waals surface area contributed by atoms with E-state index < -0.39 is 0 Å². The number of thiophene rings is 1.